The molecule has 4 heteroatoms. The smallest absolute Gasteiger partial charge is 0.323 e. The van der Waals surface area contributed by atoms with Crippen LogP contribution in [-0.4, -0.2) is 29.4 Å². The lowest BCUT2D eigenvalue weighted by atomic mass is 9.95. The Bertz CT molecular complexity index is 405. The largest absolute Gasteiger partial charge is 0.480 e. The molecule has 0 aliphatic carbocycles. The van der Waals surface area contributed by atoms with Crippen molar-refractivity contribution in [3.05, 3.63) is 29.8 Å². The maximum absolute atomic E-state index is 11.1. The highest BCUT2D eigenvalue weighted by molar-refractivity contribution is 7.99. The van der Waals surface area contributed by atoms with Crippen molar-refractivity contribution in [3.63, 3.8) is 0 Å². The summed E-state index contributed by atoms with van der Waals surface area (Å²) in [6.45, 7) is 3.82. The lowest BCUT2D eigenvalue weighted by Gasteiger charge is -2.23. The van der Waals surface area contributed by atoms with E-state index in [1.165, 1.54) is 10.5 Å². The molecule has 2 N–H and O–H groups in total. The fourth-order valence-electron chi connectivity index (χ4n) is 1.74. The average molecular weight is 281 g/mol. The fourth-order valence-corrected chi connectivity index (χ4v) is 2.66. The summed E-state index contributed by atoms with van der Waals surface area (Å²) in [6.07, 6.45) is 2.61. The second-order valence-electron chi connectivity index (χ2n) is 5.01. The molecule has 0 aliphatic heterocycles. The molecule has 0 aromatic heterocycles. The highest BCUT2D eigenvalue weighted by Crippen LogP contribution is 2.21. The third kappa shape index (κ3) is 5.25. The molecule has 1 aromatic carbocycles. The highest BCUT2D eigenvalue weighted by atomic mass is 32.2. The zero-order valence-electron chi connectivity index (χ0n) is 11.9. The predicted octanol–water partition coefficient (Wildman–Crippen LogP) is 3.32. The molecule has 1 unspecified atom stereocenters. The number of aryl methyl sites for hydroxylation is 1. The Morgan fingerprint density at radius 2 is 1.95 bits per heavy atom. The summed E-state index contributed by atoms with van der Waals surface area (Å²) in [5.74, 6) is 0.254. The lowest BCUT2D eigenvalue weighted by Crippen LogP contribution is -2.47. The van der Waals surface area contributed by atoms with E-state index in [0.717, 1.165) is 18.6 Å². The van der Waals surface area contributed by atoms with Crippen molar-refractivity contribution in [2.24, 2.45) is 0 Å². The van der Waals surface area contributed by atoms with Crippen LogP contribution in [-0.2, 0) is 4.79 Å². The van der Waals surface area contributed by atoms with Crippen LogP contribution in [0.25, 0.3) is 0 Å². The minimum absolute atomic E-state index is 0.660. The molecule has 0 amide bonds. The molecule has 1 rings (SSSR count). The monoisotopic (exact) mass is 281 g/mol. The Morgan fingerprint density at radius 1 is 1.32 bits per heavy atom. The number of likely N-dealkylation sites (N-methyl/N-ethyl adjacent to an activating group) is 1. The molecule has 1 atom stereocenters. The van der Waals surface area contributed by atoms with Gasteiger partial charge >= 0.3 is 5.97 Å². The van der Waals surface area contributed by atoms with Gasteiger partial charge in [0, 0.05) is 4.90 Å². The normalized spacial score (nSPS) is 14.1. The molecule has 3 nitrogen and oxygen atoms in total. The number of unbranched alkanes of at least 4 members (excludes halogenated alkanes) is 1. The number of nitrogens with one attached hydrogen (secondary N) is 1. The van der Waals surface area contributed by atoms with E-state index in [1.54, 1.807) is 14.0 Å². The molecule has 0 heterocycles. The van der Waals surface area contributed by atoms with Gasteiger partial charge in [0.15, 0.2) is 0 Å². The van der Waals surface area contributed by atoms with Gasteiger partial charge in [-0.15, -0.1) is 11.8 Å². The summed E-state index contributed by atoms with van der Waals surface area (Å²) >= 11 is 1.83. The molecule has 0 bridgehead atoms. The zero-order valence-corrected chi connectivity index (χ0v) is 12.7. The van der Waals surface area contributed by atoms with Gasteiger partial charge in [0.25, 0.3) is 0 Å². The van der Waals surface area contributed by atoms with Crippen molar-refractivity contribution in [2.75, 3.05) is 12.8 Å². The van der Waals surface area contributed by atoms with Gasteiger partial charge in [-0.3, -0.25) is 4.79 Å². The summed E-state index contributed by atoms with van der Waals surface area (Å²) in [5.41, 5.74) is 0.477. The van der Waals surface area contributed by atoms with Gasteiger partial charge in [0.05, 0.1) is 0 Å². The second-order valence-corrected chi connectivity index (χ2v) is 6.17. The Kier molecular flexibility index (Phi) is 6.38. The molecule has 19 heavy (non-hydrogen) atoms. The number of benzene rings is 1. The van der Waals surface area contributed by atoms with Crippen LogP contribution < -0.4 is 5.32 Å². The standard InChI is InChI=1S/C15H23NO2S/c1-12-6-8-13(9-7-12)19-11-5-4-10-15(2,16-3)14(17)18/h6-9,16H,4-5,10-11H2,1-3H3,(H,17,18). The number of hydrogen-bond acceptors (Lipinski definition) is 3. The molecular formula is C15H23NO2S. The molecule has 0 aliphatic rings. The maximum Gasteiger partial charge on any atom is 0.323 e. The van der Waals surface area contributed by atoms with E-state index < -0.39 is 11.5 Å². The number of aliphatic carboxylic acids is 1. The molecule has 106 valence electrons. The number of thioether (sulfide) groups is 1. The van der Waals surface area contributed by atoms with Gasteiger partial charge in [-0.25, -0.2) is 0 Å². The van der Waals surface area contributed by atoms with Gasteiger partial charge < -0.3 is 10.4 Å². The van der Waals surface area contributed by atoms with Crippen LogP contribution in [0.3, 0.4) is 0 Å². The average Bonchev–Trinajstić information content (AvgIpc) is 2.40. The predicted molar refractivity (Wildman–Crippen MR) is 80.9 cm³/mol. The molecular weight excluding hydrogens is 258 g/mol. The van der Waals surface area contributed by atoms with E-state index >= 15 is 0 Å². The van der Waals surface area contributed by atoms with Crippen LogP contribution in [0.2, 0.25) is 0 Å². The number of carbonyl (C=O) groups is 1. The summed E-state index contributed by atoms with van der Waals surface area (Å²) in [7, 11) is 1.70. The van der Waals surface area contributed by atoms with Crippen molar-refractivity contribution in [1.29, 1.82) is 0 Å². The lowest BCUT2D eigenvalue weighted by molar-refractivity contribution is -0.144. The Hall–Kier alpha value is -1.00. The van der Waals surface area contributed by atoms with E-state index in [1.807, 2.05) is 11.8 Å². The molecule has 0 saturated heterocycles. The van der Waals surface area contributed by atoms with Crippen molar-refractivity contribution < 1.29 is 9.90 Å². The van der Waals surface area contributed by atoms with E-state index in [4.69, 9.17) is 5.11 Å². The first-order chi connectivity index (χ1) is 8.98. The third-order valence-corrected chi connectivity index (χ3v) is 4.48. The van der Waals surface area contributed by atoms with Crippen molar-refractivity contribution in [2.45, 2.75) is 43.5 Å². The van der Waals surface area contributed by atoms with Gasteiger partial charge in [-0.05, 0) is 51.6 Å². The molecule has 0 fully saturated rings. The van der Waals surface area contributed by atoms with Gasteiger partial charge in [0.1, 0.15) is 5.54 Å². The number of carboxylic acid groups (broad SMARTS) is 1. The van der Waals surface area contributed by atoms with Crippen LogP contribution in [0.1, 0.15) is 31.7 Å². The van der Waals surface area contributed by atoms with Gasteiger partial charge in [-0.1, -0.05) is 24.1 Å². The Morgan fingerprint density at radius 3 is 2.47 bits per heavy atom. The van der Waals surface area contributed by atoms with E-state index in [9.17, 15) is 4.79 Å². The third-order valence-electron chi connectivity index (χ3n) is 3.38. The van der Waals surface area contributed by atoms with Gasteiger partial charge in [-0.2, -0.15) is 0 Å². The minimum Gasteiger partial charge on any atom is -0.480 e. The van der Waals surface area contributed by atoms with Crippen LogP contribution in [0.4, 0.5) is 0 Å². The minimum atomic E-state index is -0.797. The number of carboxylic acids is 1. The van der Waals surface area contributed by atoms with Crippen molar-refractivity contribution in [3.8, 4) is 0 Å². The summed E-state index contributed by atoms with van der Waals surface area (Å²) in [4.78, 5) is 12.4. The highest BCUT2D eigenvalue weighted by Gasteiger charge is 2.29. The Labute approximate surface area is 119 Å². The topological polar surface area (TPSA) is 49.3 Å². The van der Waals surface area contributed by atoms with Crippen molar-refractivity contribution in [1.82, 2.24) is 5.32 Å². The number of hydrogen-bond donors (Lipinski definition) is 2. The first-order valence-electron chi connectivity index (χ1n) is 6.60. The fraction of sp³-hybridized carbons (Fsp3) is 0.533. The first-order valence-corrected chi connectivity index (χ1v) is 7.58. The van der Waals surface area contributed by atoms with Crippen LogP contribution >= 0.6 is 11.8 Å². The quantitative estimate of drug-likeness (QED) is 0.567. The summed E-state index contributed by atoms with van der Waals surface area (Å²) < 4.78 is 0. The SMILES string of the molecule is CNC(C)(CCCCSc1ccc(C)cc1)C(=O)O. The maximum atomic E-state index is 11.1. The second kappa shape index (κ2) is 7.56. The van der Waals surface area contributed by atoms with Crippen LogP contribution in [0, 0.1) is 6.92 Å². The zero-order chi connectivity index (χ0) is 14.3. The molecule has 0 radical (unpaired) electrons. The molecule has 0 saturated carbocycles. The van der Waals surface area contributed by atoms with Crippen LogP contribution in [0.15, 0.2) is 29.2 Å². The van der Waals surface area contributed by atoms with E-state index in [2.05, 4.69) is 36.5 Å². The molecule has 1 aromatic rings. The summed E-state index contributed by atoms with van der Waals surface area (Å²) in [6, 6.07) is 8.50. The van der Waals surface area contributed by atoms with Crippen LogP contribution in [0.5, 0.6) is 0 Å². The van der Waals surface area contributed by atoms with Crippen molar-refractivity contribution >= 4 is 17.7 Å². The number of rotatable bonds is 8. The van der Waals surface area contributed by atoms with E-state index in [0.29, 0.717) is 6.42 Å². The summed E-state index contributed by atoms with van der Waals surface area (Å²) in [5, 5.41) is 12.0. The van der Waals surface area contributed by atoms with E-state index in [-0.39, 0.29) is 0 Å². The Balaban J connectivity index is 2.24. The molecule has 0 spiro atoms. The first kappa shape index (κ1) is 16.1. The van der Waals surface area contributed by atoms with Gasteiger partial charge in [0.2, 0.25) is 0 Å².